The van der Waals surface area contributed by atoms with Gasteiger partial charge in [0.2, 0.25) is 0 Å². The maximum atomic E-state index is 11.9. The SMILES string of the molecule is CC(=O)c1ccc(OCc2ccc(CCc3cccc(C(=O)O)c3)cc2)c(-c2nccs2)c1O. The predicted molar refractivity (Wildman–Crippen MR) is 131 cm³/mol. The van der Waals surface area contributed by atoms with E-state index in [4.69, 9.17) is 9.84 Å². The number of thiazole rings is 1. The molecule has 0 atom stereocenters. The highest BCUT2D eigenvalue weighted by atomic mass is 32.1. The molecule has 34 heavy (non-hydrogen) atoms. The van der Waals surface area contributed by atoms with Gasteiger partial charge in [-0.2, -0.15) is 0 Å². The summed E-state index contributed by atoms with van der Waals surface area (Å²) in [5.41, 5.74) is 4.02. The Balaban J connectivity index is 1.44. The van der Waals surface area contributed by atoms with Crippen LogP contribution < -0.4 is 4.74 Å². The van der Waals surface area contributed by atoms with Crippen molar-refractivity contribution in [1.82, 2.24) is 4.98 Å². The molecule has 6 nitrogen and oxygen atoms in total. The fourth-order valence-electron chi connectivity index (χ4n) is 3.64. The topological polar surface area (TPSA) is 96.7 Å². The number of aryl methyl sites for hydroxylation is 2. The van der Waals surface area contributed by atoms with E-state index in [1.54, 1.807) is 41.9 Å². The molecule has 1 heterocycles. The molecule has 0 fully saturated rings. The van der Waals surface area contributed by atoms with Gasteiger partial charge in [0.25, 0.3) is 0 Å². The van der Waals surface area contributed by atoms with Crippen LogP contribution in [0.3, 0.4) is 0 Å². The molecule has 4 rings (SSSR count). The van der Waals surface area contributed by atoms with E-state index < -0.39 is 5.97 Å². The average molecular weight is 474 g/mol. The van der Waals surface area contributed by atoms with Crippen LogP contribution in [0.1, 0.15) is 44.3 Å². The summed E-state index contributed by atoms with van der Waals surface area (Å²) in [7, 11) is 0. The molecule has 0 unspecified atom stereocenters. The summed E-state index contributed by atoms with van der Waals surface area (Å²) in [4.78, 5) is 27.3. The van der Waals surface area contributed by atoms with Crippen LogP contribution in [0.5, 0.6) is 11.5 Å². The van der Waals surface area contributed by atoms with Crippen LogP contribution in [0.15, 0.2) is 72.2 Å². The second-order valence-electron chi connectivity index (χ2n) is 7.84. The van der Waals surface area contributed by atoms with Gasteiger partial charge in [0.15, 0.2) is 5.78 Å². The van der Waals surface area contributed by atoms with Crippen LogP contribution in [0.25, 0.3) is 10.6 Å². The molecule has 0 aliphatic carbocycles. The van der Waals surface area contributed by atoms with E-state index >= 15 is 0 Å². The number of phenols is 1. The highest BCUT2D eigenvalue weighted by molar-refractivity contribution is 7.13. The van der Waals surface area contributed by atoms with Crippen molar-refractivity contribution in [2.24, 2.45) is 0 Å². The number of ketones is 1. The zero-order valence-electron chi connectivity index (χ0n) is 18.5. The molecule has 0 aliphatic rings. The molecule has 3 aromatic carbocycles. The first-order valence-electron chi connectivity index (χ1n) is 10.7. The second-order valence-corrected chi connectivity index (χ2v) is 8.73. The Labute approximate surface area is 201 Å². The van der Waals surface area contributed by atoms with Gasteiger partial charge in [0, 0.05) is 11.6 Å². The van der Waals surface area contributed by atoms with E-state index in [-0.39, 0.29) is 23.7 Å². The van der Waals surface area contributed by atoms with Crippen molar-refractivity contribution in [2.75, 3.05) is 0 Å². The average Bonchev–Trinajstić information content (AvgIpc) is 3.36. The number of ether oxygens (including phenoxy) is 1. The lowest BCUT2D eigenvalue weighted by Crippen LogP contribution is -2.01. The Morgan fingerprint density at radius 2 is 1.71 bits per heavy atom. The number of carbonyl (C=O) groups excluding carboxylic acids is 1. The molecule has 0 bridgehead atoms. The molecule has 0 spiro atoms. The van der Waals surface area contributed by atoms with E-state index in [9.17, 15) is 14.7 Å². The highest BCUT2D eigenvalue weighted by Crippen LogP contribution is 2.41. The van der Waals surface area contributed by atoms with Gasteiger partial charge in [-0.15, -0.1) is 11.3 Å². The minimum absolute atomic E-state index is 0.123. The Morgan fingerprint density at radius 3 is 2.38 bits per heavy atom. The van der Waals surface area contributed by atoms with Gasteiger partial charge in [0.05, 0.1) is 16.7 Å². The van der Waals surface area contributed by atoms with Crippen molar-refractivity contribution in [2.45, 2.75) is 26.4 Å². The number of rotatable bonds is 9. The van der Waals surface area contributed by atoms with Gasteiger partial charge < -0.3 is 14.9 Å². The van der Waals surface area contributed by atoms with Gasteiger partial charge in [-0.1, -0.05) is 36.4 Å². The van der Waals surface area contributed by atoms with Crippen LogP contribution in [-0.4, -0.2) is 26.9 Å². The number of phenolic OH excluding ortho intramolecular Hbond substituents is 1. The molecule has 4 aromatic rings. The smallest absolute Gasteiger partial charge is 0.335 e. The van der Waals surface area contributed by atoms with Crippen molar-refractivity contribution in [3.8, 4) is 22.1 Å². The summed E-state index contributed by atoms with van der Waals surface area (Å²) in [6.45, 7) is 1.70. The Bertz CT molecular complexity index is 1310. The summed E-state index contributed by atoms with van der Waals surface area (Å²) in [6, 6.07) is 18.3. The molecule has 0 amide bonds. The molecule has 0 radical (unpaired) electrons. The van der Waals surface area contributed by atoms with Gasteiger partial charge in [-0.3, -0.25) is 4.79 Å². The lowest BCUT2D eigenvalue weighted by molar-refractivity contribution is 0.0696. The summed E-state index contributed by atoms with van der Waals surface area (Å²) in [6.07, 6.45) is 3.18. The van der Waals surface area contributed by atoms with Crippen molar-refractivity contribution in [1.29, 1.82) is 0 Å². The van der Waals surface area contributed by atoms with Crippen LogP contribution in [0.4, 0.5) is 0 Å². The second kappa shape index (κ2) is 10.3. The van der Waals surface area contributed by atoms with Crippen molar-refractivity contribution in [3.05, 3.63) is 100 Å². The number of carboxylic acids is 1. The molecule has 2 N–H and O–H groups in total. The van der Waals surface area contributed by atoms with Gasteiger partial charge >= 0.3 is 5.97 Å². The summed E-state index contributed by atoms with van der Waals surface area (Å²) in [5, 5.41) is 22.2. The number of aromatic carboxylic acids is 1. The summed E-state index contributed by atoms with van der Waals surface area (Å²) in [5.74, 6) is -0.817. The van der Waals surface area contributed by atoms with Gasteiger partial charge in [-0.25, -0.2) is 9.78 Å². The molecule has 172 valence electrons. The molecule has 1 aromatic heterocycles. The van der Waals surface area contributed by atoms with E-state index in [1.807, 2.05) is 30.3 Å². The molecule has 0 aliphatic heterocycles. The fraction of sp³-hybridized carbons (Fsp3) is 0.148. The summed E-state index contributed by atoms with van der Waals surface area (Å²) < 4.78 is 6.01. The molecular weight excluding hydrogens is 450 g/mol. The number of aromatic hydroxyl groups is 1. The number of benzene rings is 3. The normalized spacial score (nSPS) is 10.7. The Kier molecular flexibility index (Phi) is 7.04. The minimum atomic E-state index is -0.923. The number of carbonyl (C=O) groups is 2. The first kappa shape index (κ1) is 23.2. The number of Topliss-reactive ketones (excluding diaryl/α,β-unsaturated/α-hetero) is 1. The lowest BCUT2D eigenvalue weighted by Gasteiger charge is -2.14. The first-order valence-corrected chi connectivity index (χ1v) is 11.6. The molecular formula is C27H23NO5S. The maximum Gasteiger partial charge on any atom is 0.335 e. The number of aromatic nitrogens is 1. The molecule has 0 saturated carbocycles. The molecule has 7 heteroatoms. The van der Waals surface area contributed by atoms with Crippen LogP contribution >= 0.6 is 11.3 Å². The quantitative estimate of drug-likeness (QED) is 0.299. The zero-order valence-corrected chi connectivity index (χ0v) is 19.3. The largest absolute Gasteiger partial charge is 0.506 e. The minimum Gasteiger partial charge on any atom is -0.506 e. The third kappa shape index (κ3) is 5.32. The van der Waals surface area contributed by atoms with Crippen LogP contribution in [0.2, 0.25) is 0 Å². The highest BCUT2D eigenvalue weighted by Gasteiger charge is 2.20. The number of hydrogen-bond acceptors (Lipinski definition) is 6. The lowest BCUT2D eigenvalue weighted by atomic mass is 10.0. The maximum absolute atomic E-state index is 11.9. The third-order valence-electron chi connectivity index (χ3n) is 5.46. The number of carboxylic acid groups (broad SMARTS) is 1. The Hall–Kier alpha value is -3.97. The van der Waals surface area contributed by atoms with Crippen molar-refractivity contribution < 1.29 is 24.5 Å². The van der Waals surface area contributed by atoms with Crippen molar-refractivity contribution >= 4 is 23.1 Å². The summed E-state index contributed by atoms with van der Waals surface area (Å²) >= 11 is 1.36. The predicted octanol–water partition coefficient (Wildman–Crippen LogP) is 5.78. The standard InChI is InChI=1S/C27H23NO5S/c1-17(29)22-11-12-23(24(25(22)30)26-28-13-14-34-26)33-16-20-9-6-18(7-10-20)5-8-19-3-2-4-21(15-19)27(31)32/h2-4,6-7,9-15,30H,5,8,16H2,1H3,(H,31,32). The Morgan fingerprint density at radius 1 is 0.971 bits per heavy atom. The van der Waals surface area contributed by atoms with Gasteiger partial charge in [-0.05, 0) is 60.7 Å². The van der Waals surface area contributed by atoms with Crippen molar-refractivity contribution in [3.63, 3.8) is 0 Å². The fourth-order valence-corrected chi connectivity index (χ4v) is 4.33. The van der Waals surface area contributed by atoms with Gasteiger partial charge in [0.1, 0.15) is 23.1 Å². The third-order valence-corrected chi connectivity index (χ3v) is 6.25. The zero-order chi connectivity index (χ0) is 24.1. The van der Waals surface area contributed by atoms with E-state index in [1.165, 1.54) is 18.3 Å². The van der Waals surface area contributed by atoms with E-state index in [0.717, 1.165) is 29.5 Å². The van der Waals surface area contributed by atoms with E-state index in [0.29, 0.717) is 21.9 Å². The van der Waals surface area contributed by atoms with Crippen LogP contribution in [0, 0.1) is 0 Å². The molecule has 0 saturated heterocycles. The first-order chi connectivity index (χ1) is 16.4. The van der Waals surface area contributed by atoms with Crippen LogP contribution in [-0.2, 0) is 19.4 Å². The van der Waals surface area contributed by atoms with E-state index in [2.05, 4.69) is 4.98 Å². The number of nitrogens with zero attached hydrogens (tertiary/aromatic N) is 1. The number of hydrogen-bond donors (Lipinski definition) is 2. The monoisotopic (exact) mass is 473 g/mol.